The number of nitrogens with zero attached hydrogens (tertiary/aromatic N) is 2. The van der Waals surface area contributed by atoms with E-state index in [0.717, 1.165) is 19.3 Å². The number of methoxy groups -OCH3 is 1. The van der Waals surface area contributed by atoms with Gasteiger partial charge in [0.05, 0.1) is 19.3 Å². The summed E-state index contributed by atoms with van der Waals surface area (Å²) in [4.78, 5) is 56.4. The molecule has 3 rings (SSSR count). The number of aliphatic carboxylic acids is 1. The van der Waals surface area contributed by atoms with Crippen molar-refractivity contribution in [1.82, 2.24) is 20.5 Å². The van der Waals surface area contributed by atoms with Gasteiger partial charge in [0.25, 0.3) is 0 Å². The molecule has 12 nitrogen and oxygen atoms in total. The zero-order valence-corrected chi connectivity index (χ0v) is 25.5. The summed E-state index contributed by atoms with van der Waals surface area (Å²) in [6, 6.07) is 2.11. The minimum absolute atomic E-state index is 0.00940. The third-order valence-electron chi connectivity index (χ3n) is 7.93. The van der Waals surface area contributed by atoms with Crippen LogP contribution in [0.4, 0.5) is 5.82 Å². The zero-order valence-electron chi connectivity index (χ0n) is 25.5. The first-order chi connectivity index (χ1) is 19.8. The van der Waals surface area contributed by atoms with E-state index >= 15 is 0 Å². The van der Waals surface area contributed by atoms with Crippen LogP contribution in [0.3, 0.4) is 0 Å². The molecule has 2 heterocycles. The second-order valence-corrected chi connectivity index (χ2v) is 12.9. The first-order valence-corrected chi connectivity index (χ1v) is 14.7. The van der Waals surface area contributed by atoms with Crippen molar-refractivity contribution in [3.05, 3.63) is 18.3 Å². The number of hydrogen-bond donors (Lipinski definition) is 4. The maximum Gasteiger partial charge on any atom is 0.328 e. The highest BCUT2D eigenvalue weighted by Gasteiger charge is 2.38. The maximum absolute atomic E-state index is 13.2. The number of likely N-dealkylation sites (tertiary alicyclic amines) is 1. The molecule has 1 aliphatic carbocycles. The number of rotatable bonds is 13. The summed E-state index contributed by atoms with van der Waals surface area (Å²) in [5.41, 5.74) is -0.779. The van der Waals surface area contributed by atoms with E-state index in [-0.39, 0.29) is 42.5 Å². The van der Waals surface area contributed by atoms with Gasteiger partial charge in [-0.05, 0) is 30.7 Å². The molecule has 4 N–H and O–H groups in total. The minimum Gasteiger partial charge on any atom is -0.497 e. The van der Waals surface area contributed by atoms with Crippen LogP contribution in [0.1, 0.15) is 72.6 Å². The molecule has 12 heteroatoms. The van der Waals surface area contributed by atoms with E-state index in [1.807, 2.05) is 27.7 Å². The molecule has 1 saturated heterocycles. The monoisotopic (exact) mass is 589 g/mol. The minimum atomic E-state index is -1.24. The molecule has 0 aromatic carbocycles. The van der Waals surface area contributed by atoms with Crippen molar-refractivity contribution in [2.75, 3.05) is 38.7 Å². The molecule has 2 fully saturated rings. The lowest BCUT2D eigenvalue weighted by Crippen LogP contribution is -2.53. The van der Waals surface area contributed by atoms with E-state index in [1.165, 1.54) is 0 Å². The lowest BCUT2D eigenvalue weighted by Gasteiger charge is -2.33. The fourth-order valence-electron chi connectivity index (χ4n) is 5.46. The molecule has 1 aromatic heterocycles. The number of carboxylic acid groups (broad SMARTS) is 1. The molecule has 1 saturated carbocycles. The summed E-state index contributed by atoms with van der Waals surface area (Å²) in [5.74, 6) is -0.702. The summed E-state index contributed by atoms with van der Waals surface area (Å²) >= 11 is 0. The first-order valence-electron chi connectivity index (χ1n) is 14.7. The number of carbonyl (C=O) groups excluding carboxylic acids is 3. The standard InChI is InChI=1S/C30H47N5O7/c1-29(2,3)15-26(37)35-18-22(13-20(35)16-32-24-14-21(41-5)9-12-31-24)42-19-25(36)33-17-23(27(38)39)34-28(40)30(4)10-7-6-8-11-30/h9,12,14,20,22-23H,6-8,10-11,13,15-19H2,1-5H3,(H,31,32)(H,33,36)(H,34,40)(H,38,39). The van der Waals surface area contributed by atoms with Crippen LogP contribution >= 0.6 is 0 Å². The Balaban J connectivity index is 1.53. The second kappa shape index (κ2) is 14.7. The Labute approximate surface area is 248 Å². The molecular weight excluding hydrogens is 542 g/mol. The van der Waals surface area contributed by atoms with Gasteiger partial charge in [-0.25, -0.2) is 9.78 Å². The number of carboxylic acids is 1. The highest BCUT2D eigenvalue weighted by Crippen LogP contribution is 2.36. The summed E-state index contributed by atoms with van der Waals surface area (Å²) in [5, 5.41) is 18.1. The average molecular weight is 590 g/mol. The number of pyridine rings is 1. The predicted octanol–water partition coefficient (Wildman–Crippen LogP) is 2.58. The Morgan fingerprint density at radius 3 is 2.55 bits per heavy atom. The molecule has 1 aliphatic heterocycles. The van der Waals surface area contributed by atoms with Gasteiger partial charge in [0.1, 0.15) is 24.2 Å². The number of nitrogens with one attached hydrogen (secondary N) is 3. The Morgan fingerprint density at radius 2 is 1.90 bits per heavy atom. The smallest absolute Gasteiger partial charge is 0.328 e. The van der Waals surface area contributed by atoms with Crippen molar-refractivity contribution in [2.24, 2.45) is 10.8 Å². The molecule has 2 aliphatic rings. The molecule has 0 bridgehead atoms. The van der Waals surface area contributed by atoms with Crippen LogP contribution in [-0.4, -0.2) is 90.2 Å². The molecule has 3 atom stereocenters. The summed E-state index contributed by atoms with van der Waals surface area (Å²) in [6.45, 7) is 8.13. The van der Waals surface area contributed by atoms with E-state index in [2.05, 4.69) is 20.9 Å². The van der Waals surface area contributed by atoms with Crippen LogP contribution in [0.15, 0.2) is 18.3 Å². The predicted molar refractivity (Wildman–Crippen MR) is 157 cm³/mol. The van der Waals surface area contributed by atoms with Crippen molar-refractivity contribution >= 4 is 29.5 Å². The van der Waals surface area contributed by atoms with Crippen LogP contribution in [0.2, 0.25) is 0 Å². The molecular formula is C30H47N5O7. The van der Waals surface area contributed by atoms with E-state index < -0.39 is 23.3 Å². The first kappa shape index (κ1) is 33.1. The maximum atomic E-state index is 13.2. The van der Waals surface area contributed by atoms with Gasteiger partial charge >= 0.3 is 5.97 Å². The Morgan fingerprint density at radius 1 is 1.19 bits per heavy atom. The van der Waals surface area contributed by atoms with Crippen molar-refractivity contribution in [3.63, 3.8) is 0 Å². The van der Waals surface area contributed by atoms with Crippen LogP contribution in [0, 0.1) is 10.8 Å². The molecule has 234 valence electrons. The highest BCUT2D eigenvalue weighted by atomic mass is 16.5. The van der Waals surface area contributed by atoms with Crippen molar-refractivity contribution in [3.8, 4) is 5.75 Å². The normalized spacial score (nSPS) is 20.8. The lowest BCUT2D eigenvalue weighted by molar-refractivity contribution is -0.144. The molecule has 42 heavy (non-hydrogen) atoms. The van der Waals surface area contributed by atoms with Crippen LogP contribution in [-0.2, 0) is 23.9 Å². The Kier molecular flexibility index (Phi) is 11.6. The quantitative estimate of drug-likeness (QED) is 0.271. The van der Waals surface area contributed by atoms with E-state index in [1.54, 1.807) is 30.3 Å². The molecule has 1 aromatic rings. The summed E-state index contributed by atoms with van der Waals surface area (Å²) < 4.78 is 11.1. The van der Waals surface area contributed by atoms with Crippen molar-refractivity contribution in [2.45, 2.75) is 90.8 Å². The SMILES string of the molecule is COc1ccnc(NCC2CC(OCC(=O)NCC(NC(=O)C3(C)CCCCC3)C(=O)O)CN2C(=O)CC(C)(C)C)c1. The van der Waals surface area contributed by atoms with Crippen LogP contribution in [0.5, 0.6) is 5.75 Å². The number of carbonyl (C=O) groups is 4. The summed E-state index contributed by atoms with van der Waals surface area (Å²) in [7, 11) is 1.58. The van der Waals surface area contributed by atoms with Crippen molar-refractivity contribution in [1.29, 1.82) is 0 Å². The third kappa shape index (κ3) is 9.85. The molecule has 3 unspecified atom stereocenters. The highest BCUT2D eigenvalue weighted by molar-refractivity contribution is 5.88. The third-order valence-corrected chi connectivity index (χ3v) is 7.93. The number of aromatic nitrogens is 1. The van der Waals surface area contributed by atoms with Gasteiger partial charge < -0.3 is 35.4 Å². The zero-order chi connectivity index (χ0) is 30.9. The second-order valence-electron chi connectivity index (χ2n) is 12.9. The topological polar surface area (TPSA) is 159 Å². The molecule has 0 radical (unpaired) electrons. The Bertz CT molecular complexity index is 1100. The van der Waals surface area contributed by atoms with Crippen LogP contribution in [0.25, 0.3) is 0 Å². The number of ether oxygens (including phenoxy) is 2. The van der Waals surface area contributed by atoms with Gasteiger partial charge in [-0.15, -0.1) is 0 Å². The number of anilines is 1. The summed E-state index contributed by atoms with van der Waals surface area (Å²) in [6.07, 6.45) is 6.54. The van der Waals surface area contributed by atoms with E-state index in [9.17, 15) is 24.3 Å². The van der Waals surface area contributed by atoms with Gasteiger partial charge in [-0.3, -0.25) is 14.4 Å². The van der Waals surface area contributed by atoms with Gasteiger partial charge in [0, 0.05) is 43.7 Å². The van der Waals surface area contributed by atoms with Gasteiger partial charge in [-0.1, -0.05) is 47.0 Å². The number of amides is 3. The van der Waals surface area contributed by atoms with Gasteiger partial charge in [-0.2, -0.15) is 0 Å². The lowest BCUT2D eigenvalue weighted by atomic mass is 9.75. The fraction of sp³-hybridized carbons (Fsp3) is 0.700. The van der Waals surface area contributed by atoms with Gasteiger partial charge in [0.2, 0.25) is 17.7 Å². The largest absolute Gasteiger partial charge is 0.497 e. The number of hydrogen-bond acceptors (Lipinski definition) is 8. The molecule has 0 spiro atoms. The average Bonchev–Trinajstić information content (AvgIpc) is 3.35. The van der Waals surface area contributed by atoms with Crippen molar-refractivity contribution < 1.29 is 33.8 Å². The molecule has 3 amide bonds. The van der Waals surface area contributed by atoms with Crippen LogP contribution < -0.4 is 20.7 Å². The van der Waals surface area contributed by atoms with E-state index in [0.29, 0.717) is 50.3 Å². The Hall–Kier alpha value is -3.41. The fourth-order valence-corrected chi connectivity index (χ4v) is 5.46. The van der Waals surface area contributed by atoms with E-state index in [4.69, 9.17) is 9.47 Å². The van der Waals surface area contributed by atoms with Gasteiger partial charge in [0.15, 0.2) is 0 Å².